The molecule has 8 heteroatoms. The third-order valence-corrected chi connectivity index (χ3v) is 6.42. The number of hydrogen-bond acceptors (Lipinski definition) is 4. The summed E-state index contributed by atoms with van der Waals surface area (Å²) < 4.78 is 0. The van der Waals surface area contributed by atoms with Crippen LogP contribution in [0.25, 0.3) is 0 Å². The van der Waals surface area contributed by atoms with Crippen molar-refractivity contribution in [2.24, 2.45) is 5.92 Å². The van der Waals surface area contributed by atoms with Crippen LogP contribution in [0.15, 0.2) is 24.3 Å². The molecule has 7 nitrogen and oxygen atoms in total. The Labute approximate surface area is 169 Å². The summed E-state index contributed by atoms with van der Waals surface area (Å²) in [6.45, 7) is 3.96. The molecule has 0 bridgehead atoms. The Bertz CT molecular complexity index is 783. The molecule has 0 aromatic heterocycles. The van der Waals surface area contributed by atoms with Gasteiger partial charge in [0.25, 0.3) is 5.91 Å². The van der Waals surface area contributed by atoms with Crippen LogP contribution in [0.2, 0.25) is 5.02 Å². The largest absolute Gasteiger partial charge is 0.340 e. The van der Waals surface area contributed by atoms with Crippen molar-refractivity contribution in [3.05, 3.63) is 34.9 Å². The van der Waals surface area contributed by atoms with Crippen molar-refractivity contribution in [1.82, 2.24) is 20.4 Å². The highest BCUT2D eigenvalue weighted by molar-refractivity contribution is 6.30. The number of imide groups is 1. The summed E-state index contributed by atoms with van der Waals surface area (Å²) in [6.07, 6.45) is 2.32. The Hall–Kier alpha value is -2.12. The highest BCUT2D eigenvalue weighted by atomic mass is 35.5. The lowest BCUT2D eigenvalue weighted by molar-refractivity contribution is -0.140. The van der Waals surface area contributed by atoms with E-state index in [-0.39, 0.29) is 17.7 Å². The fourth-order valence-corrected chi connectivity index (χ4v) is 4.73. The summed E-state index contributed by atoms with van der Waals surface area (Å²) in [6, 6.07) is 7.45. The Morgan fingerprint density at radius 2 is 1.86 bits per heavy atom. The second kappa shape index (κ2) is 7.72. The van der Waals surface area contributed by atoms with Crippen LogP contribution in [0.1, 0.15) is 31.2 Å². The number of urea groups is 1. The summed E-state index contributed by atoms with van der Waals surface area (Å²) in [4.78, 5) is 40.7. The number of rotatable bonds is 3. The minimum absolute atomic E-state index is 0.0598. The molecule has 1 saturated carbocycles. The number of halogens is 1. The van der Waals surface area contributed by atoms with Gasteiger partial charge in [0.2, 0.25) is 5.91 Å². The minimum atomic E-state index is -0.802. The van der Waals surface area contributed by atoms with E-state index < -0.39 is 11.6 Å². The number of carbonyl (C=O) groups is 3. The molecule has 4 rings (SSSR count). The molecule has 2 saturated heterocycles. The zero-order valence-corrected chi connectivity index (χ0v) is 16.5. The van der Waals surface area contributed by atoms with Crippen LogP contribution in [0.4, 0.5) is 4.79 Å². The van der Waals surface area contributed by atoms with Gasteiger partial charge in [-0.25, -0.2) is 4.79 Å². The van der Waals surface area contributed by atoms with Gasteiger partial charge in [0.1, 0.15) is 5.54 Å². The summed E-state index contributed by atoms with van der Waals surface area (Å²) in [5.74, 6) is -0.129. The standard InChI is InChI=1S/C20H25ClN4O3/c21-16-3-1-2-14(12-16)13-24-8-10-25(11-9-24)17(26)15-4-6-20(7-5-15)18(27)22-19(28)23-20/h1-3,12,15H,4-11,13H2,(H2,22,23,27,28). The van der Waals surface area contributed by atoms with E-state index in [0.717, 1.165) is 37.7 Å². The lowest BCUT2D eigenvalue weighted by Gasteiger charge is -2.39. The van der Waals surface area contributed by atoms with E-state index in [1.165, 1.54) is 5.56 Å². The Morgan fingerprint density at radius 1 is 1.14 bits per heavy atom. The van der Waals surface area contributed by atoms with Gasteiger partial charge >= 0.3 is 6.03 Å². The van der Waals surface area contributed by atoms with E-state index in [9.17, 15) is 14.4 Å². The second-order valence-corrected chi connectivity index (χ2v) is 8.43. The number of nitrogens with one attached hydrogen (secondary N) is 2. The predicted molar refractivity (Wildman–Crippen MR) is 105 cm³/mol. The van der Waals surface area contributed by atoms with Gasteiger partial charge in [-0.05, 0) is 43.4 Å². The number of amides is 4. The summed E-state index contributed by atoms with van der Waals surface area (Å²) in [5.41, 5.74) is 0.380. The van der Waals surface area contributed by atoms with Crippen molar-refractivity contribution in [3.8, 4) is 0 Å². The molecule has 1 aromatic carbocycles. The monoisotopic (exact) mass is 404 g/mol. The van der Waals surface area contributed by atoms with Crippen LogP contribution in [-0.2, 0) is 16.1 Å². The van der Waals surface area contributed by atoms with Crippen LogP contribution in [-0.4, -0.2) is 59.4 Å². The van der Waals surface area contributed by atoms with E-state index in [0.29, 0.717) is 25.7 Å². The molecular weight excluding hydrogens is 380 g/mol. The number of piperazine rings is 1. The third-order valence-electron chi connectivity index (χ3n) is 6.18. The highest BCUT2D eigenvalue weighted by Gasteiger charge is 2.49. The Kier molecular flexibility index (Phi) is 5.29. The van der Waals surface area contributed by atoms with Crippen molar-refractivity contribution in [2.75, 3.05) is 26.2 Å². The van der Waals surface area contributed by atoms with Gasteiger partial charge in [-0.15, -0.1) is 0 Å². The molecular formula is C20H25ClN4O3. The van der Waals surface area contributed by atoms with Gasteiger partial charge in [-0.2, -0.15) is 0 Å². The minimum Gasteiger partial charge on any atom is -0.340 e. The maximum atomic E-state index is 12.9. The molecule has 1 aliphatic carbocycles. The first kappa shape index (κ1) is 19.2. The topological polar surface area (TPSA) is 81.8 Å². The van der Waals surface area contributed by atoms with Crippen molar-refractivity contribution in [3.63, 3.8) is 0 Å². The van der Waals surface area contributed by atoms with Gasteiger partial charge < -0.3 is 10.2 Å². The molecule has 1 spiro atoms. The summed E-state index contributed by atoms with van der Waals surface area (Å²) in [7, 11) is 0. The second-order valence-electron chi connectivity index (χ2n) is 8.00. The van der Waals surface area contributed by atoms with E-state index >= 15 is 0 Å². The predicted octanol–water partition coefficient (Wildman–Crippen LogP) is 1.75. The molecule has 0 radical (unpaired) electrons. The lowest BCUT2D eigenvalue weighted by Crippen LogP contribution is -2.53. The van der Waals surface area contributed by atoms with Crippen molar-refractivity contribution in [2.45, 2.75) is 37.8 Å². The normalized spacial score (nSPS) is 28.3. The number of nitrogens with zero attached hydrogens (tertiary/aromatic N) is 2. The van der Waals surface area contributed by atoms with Crippen molar-refractivity contribution in [1.29, 1.82) is 0 Å². The quantitative estimate of drug-likeness (QED) is 0.752. The summed E-state index contributed by atoms with van der Waals surface area (Å²) in [5, 5.41) is 5.81. The van der Waals surface area contributed by atoms with Crippen LogP contribution >= 0.6 is 11.6 Å². The van der Waals surface area contributed by atoms with E-state index in [1.54, 1.807) is 0 Å². The molecule has 2 N–H and O–H groups in total. The van der Waals surface area contributed by atoms with Gasteiger partial charge in [-0.3, -0.25) is 19.8 Å². The van der Waals surface area contributed by atoms with Crippen LogP contribution in [0.5, 0.6) is 0 Å². The molecule has 2 aliphatic heterocycles. The maximum Gasteiger partial charge on any atom is 0.322 e. The molecule has 0 atom stereocenters. The lowest BCUT2D eigenvalue weighted by atomic mass is 9.76. The van der Waals surface area contributed by atoms with Crippen LogP contribution < -0.4 is 10.6 Å². The van der Waals surface area contributed by atoms with Gasteiger partial charge in [-0.1, -0.05) is 23.7 Å². The fraction of sp³-hybridized carbons (Fsp3) is 0.550. The SMILES string of the molecule is O=C1NC(=O)C2(CCC(C(=O)N3CCN(Cc4cccc(Cl)c4)CC3)CC2)N1. The average molecular weight is 405 g/mol. The van der Waals surface area contributed by atoms with E-state index in [1.807, 2.05) is 23.1 Å². The van der Waals surface area contributed by atoms with E-state index in [2.05, 4.69) is 21.6 Å². The van der Waals surface area contributed by atoms with Gasteiger partial charge in [0.05, 0.1) is 0 Å². The molecule has 0 unspecified atom stereocenters. The van der Waals surface area contributed by atoms with Crippen LogP contribution in [0, 0.1) is 5.92 Å². The number of benzene rings is 1. The Balaban J connectivity index is 1.27. The first-order valence-electron chi connectivity index (χ1n) is 9.84. The van der Waals surface area contributed by atoms with E-state index in [4.69, 9.17) is 11.6 Å². The fourth-order valence-electron chi connectivity index (χ4n) is 4.52. The molecule has 150 valence electrons. The van der Waals surface area contributed by atoms with Gasteiger partial charge in [0.15, 0.2) is 0 Å². The average Bonchev–Trinajstić information content (AvgIpc) is 2.95. The molecule has 2 heterocycles. The zero-order chi connectivity index (χ0) is 19.7. The number of carbonyl (C=O) groups excluding carboxylic acids is 3. The zero-order valence-electron chi connectivity index (χ0n) is 15.7. The third kappa shape index (κ3) is 3.86. The molecule has 28 heavy (non-hydrogen) atoms. The summed E-state index contributed by atoms with van der Waals surface area (Å²) >= 11 is 6.06. The molecule has 3 aliphatic rings. The molecule has 4 amide bonds. The van der Waals surface area contributed by atoms with Crippen LogP contribution in [0.3, 0.4) is 0 Å². The first-order valence-corrected chi connectivity index (χ1v) is 10.2. The highest BCUT2D eigenvalue weighted by Crippen LogP contribution is 2.35. The number of hydrogen-bond donors (Lipinski definition) is 2. The van der Waals surface area contributed by atoms with Crippen molar-refractivity contribution >= 4 is 29.4 Å². The Morgan fingerprint density at radius 3 is 2.46 bits per heavy atom. The molecule has 1 aromatic rings. The van der Waals surface area contributed by atoms with Crippen molar-refractivity contribution < 1.29 is 14.4 Å². The first-order chi connectivity index (χ1) is 13.4. The maximum absolute atomic E-state index is 12.9. The van der Waals surface area contributed by atoms with Gasteiger partial charge in [0, 0.05) is 43.7 Å². The smallest absolute Gasteiger partial charge is 0.322 e. The molecule has 3 fully saturated rings.